The van der Waals surface area contributed by atoms with Crippen LogP contribution >= 0.6 is 23.2 Å². The van der Waals surface area contributed by atoms with E-state index in [-0.39, 0.29) is 11.5 Å². The summed E-state index contributed by atoms with van der Waals surface area (Å²) in [6.07, 6.45) is 6.14. The summed E-state index contributed by atoms with van der Waals surface area (Å²) in [6, 6.07) is 5.41. The molecular weight excluding hydrogens is 295 g/mol. The third-order valence-corrected chi connectivity index (χ3v) is 5.52. The predicted octanol–water partition coefficient (Wildman–Crippen LogP) is 4.77. The van der Waals surface area contributed by atoms with E-state index < -0.39 is 6.10 Å². The fourth-order valence-corrected chi connectivity index (χ4v) is 3.98. The summed E-state index contributed by atoms with van der Waals surface area (Å²) in [5, 5.41) is 11.7. The third-order valence-electron chi connectivity index (χ3n) is 4.78. The smallest absolute Gasteiger partial charge is 0.0820 e. The first kappa shape index (κ1) is 14.6. The lowest BCUT2D eigenvalue weighted by Gasteiger charge is -2.40. The summed E-state index contributed by atoms with van der Waals surface area (Å²) in [6.45, 7) is 0.753. The Morgan fingerprint density at radius 1 is 1.20 bits per heavy atom. The minimum Gasteiger partial charge on any atom is -0.388 e. The molecule has 1 saturated carbocycles. The minimum atomic E-state index is -0.480. The second-order valence-corrected chi connectivity index (χ2v) is 6.92. The monoisotopic (exact) mass is 314 g/mol. The first-order chi connectivity index (χ1) is 9.60. The van der Waals surface area contributed by atoms with Crippen molar-refractivity contribution in [1.29, 1.82) is 0 Å². The zero-order chi connectivity index (χ0) is 14.2. The number of hydrogen-bond acceptors (Lipinski definition) is 2. The highest BCUT2D eigenvalue weighted by molar-refractivity contribution is 6.42. The van der Waals surface area contributed by atoms with Crippen molar-refractivity contribution >= 4 is 23.2 Å². The van der Waals surface area contributed by atoms with E-state index >= 15 is 0 Å². The maximum atomic E-state index is 10.6. The van der Waals surface area contributed by atoms with Gasteiger partial charge in [-0.3, -0.25) is 0 Å². The molecule has 1 saturated heterocycles. The number of aliphatic hydroxyl groups is 1. The lowest BCUT2D eigenvalue weighted by atomic mass is 9.80. The molecule has 1 aromatic rings. The highest BCUT2D eigenvalue weighted by atomic mass is 35.5. The van der Waals surface area contributed by atoms with Crippen LogP contribution in [0.5, 0.6) is 0 Å². The topological polar surface area (TPSA) is 29.5 Å². The van der Waals surface area contributed by atoms with Crippen LogP contribution in [-0.2, 0) is 4.74 Å². The summed E-state index contributed by atoms with van der Waals surface area (Å²) in [4.78, 5) is 0. The number of aliphatic hydroxyl groups excluding tert-OH is 1. The fraction of sp³-hybridized carbons (Fsp3) is 0.625. The molecule has 0 bridgehead atoms. The van der Waals surface area contributed by atoms with Crippen LogP contribution in [0, 0.1) is 5.92 Å². The molecule has 0 radical (unpaired) electrons. The molecule has 2 fully saturated rings. The number of ether oxygens (including phenoxy) is 1. The van der Waals surface area contributed by atoms with E-state index in [0.717, 1.165) is 37.9 Å². The SMILES string of the molecule is OC(c1ccc(Cl)c(Cl)c1)C1CCOC2(CCCC2)C1. The van der Waals surface area contributed by atoms with Crippen LogP contribution in [0.2, 0.25) is 10.0 Å². The van der Waals surface area contributed by atoms with Crippen molar-refractivity contribution < 1.29 is 9.84 Å². The molecule has 1 spiro atoms. The van der Waals surface area contributed by atoms with Gasteiger partial charge < -0.3 is 9.84 Å². The van der Waals surface area contributed by atoms with Crippen molar-refractivity contribution in [3.05, 3.63) is 33.8 Å². The van der Waals surface area contributed by atoms with Crippen LogP contribution in [-0.4, -0.2) is 17.3 Å². The quantitative estimate of drug-likeness (QED) is 0.852. The minimum absolute atomic E-state index is 0.0279. The van der Waals surface area contributed by atoms with Crippen LogP contribution in [0.3, 0.4) is 0 Å². The van der Waals surface area contributed by atoms with Gasteiger partial charge >= 0.3 is 0 Å². The zero-order valence-electron chi connectivity index (χ0n) is 11.4. The van der Waals surface area contributed by atoms with Gasteiger partial charge in [-0.2, -0.15) is 0 Å². The molecule has 2 aliphatic rings. The average molecular weight is 315 g/mol. The molecule has 2 unspecified atom stereocenters. The van der Waals surface area contributed by atoms with Crippen molar-refractivity contribution in [2.75, 3.05) is 6.61 Å². The van der Waals surface area contributed by atoms with Gasteiger partial charge in [0.2, 0.25) is 0 Å². The zero-order valence-corrected chi connectivity index (χ0v) is 13.0. The number of benzene rings is 1. The van der Waals surface area contributed by atoms with Crippen molar-refractivity contribution in [3.8, 4) is 0 Å². The maximum Gasteiger partial charge on any atom is 0.0820 e. The van der Waals surface area contributed by atoms with E-state index in [1.54, 1.807) is 12.1 Å². The molecule has 3 rings (SSSR count). The summed E-state index contributed by atoms with van der Waals surface area (Å²) in [5.41, 5.74) is 0.888. The van der Waals surface area contributed by atoms with Crippen molar-refractivity contribution in [1.82, 2.24) is 0 Å². The predicted molar refractivity (Wildman–Crippen MR) is 81.3 cm³/mol. The van der Waals surface area contributed by atoms with Crippen LogP contribution < -0.4 is 0 Å². The van der Waals surface area contributed by atoms with Gasteiger partial charge in [-0.15, -0.1) is 0 Å². The second-order valence-electron chi connectivity index (χ2n) is 6.11. The Morgan fingerprint density at radius 3 is 2.65 bits per heavy atom. The molecule has 1 aromatic carbocycles. The molecule has 2 nitrogen and oxygen atoms in total. The van der Waals surface area contributed by atoms with Gasteiger partial charge in [0.25, 0.3) is 0 Å². The van der Waals surface area contributed by atoms with E-state index in [4.69, 9.17) is 27.9 Å². The van der Waals surface area contributed by atoms with Gasteiger partial charge in [0.1, 0.15) is 0 Å². The molecule has 0 aromatic heterocycles. The molecule has 1 heterocycles. The third kappa shape index (κ3) is 2.85. The highest BCUT2D eigenvalue weighted by Gasteiger charge is 2.41. The summed E-state index contributed by atoms with van der Waals surface area (Å²) in [7, 11) is 0. The largest absolute Gasteiger partial charge is 0.388 e. The Morgan fingerprint density at radius 2 is 1.95 bits per heavy atom. The molecule has 4 heteroatoms. The normalized spacial score (nSPS) is 26.9. The molecule has 0 amide bonds. The van der Waals surface area contributed by atoms with Crippen molar-refractivity contribution in [2.24, 2.45) is 5.92 Å². The van der Waals surface area contributed by atoms with Gasteiger partial charge in [0.15, 0.2) is 0 Å². The average Bonchev–Trinajstić information content (AvgIpc) is 2.89. The lowest BCUT2D eigenvalue weighted by Crippen LogP contribution is -2.39. The molecular formula is C16H20Cl2O2. The lowest BCUT2D eigenvalue weighted by molar-refractivity contribution is -0.113. The summed E-state index contributed by atoms with van der Waals surface area (Å²) in [5.74, 6) is 0.249. The van der Waals surface area contributed by atoms with Gasteiger partial charge in [-0.25, -0.2) is 0 Å². The fourth-order valence-electron chi connectivity index (χ4n) is 3.67. The Hall–Kier alpha value is -0.280. The molecule has 110 valence electrons. The van der Waals surface area contributed by atoms with E-state index in [1.165, 1.54) is 12.8 Å². The maximum absolute atomic E-state index is 10.6. The van der Waals surface area contributed by atoms with E-state index in [2.05, 4.69) is 0 Å². The highest BCUT2D eigenvalue weighted by Crippen LogP contribution is 2.45. The van der Waals surface area contributed by atoms with E-state index in [0.29, 0.717) is 10.0 Å². The summed E-state index contributed by atoms with van der Waals surface area (Å²) >= 11 is 12.0. The van der Waals surface area contributed by atoms with E-state index in [9.17, 15) is 5.11 Å². The van der Waals surface area contributed by atoms with Gasteiger partial charge in [-0.1, -0.05) is 42.1 Å². The standard InChI is InChI=1S/C16H20Cl2O2/c17-13-4-3-11(9-14(13)18)15(19)12-5-8-20-16(10-12)6-1-2-7-16/h3-4,9,12,15,19H,1-2,5-8,10H2. The number of hydrogen-bond donors (Lipinski definition) is 1. The summed E-state index contributed by atoms with van der Waals surface area (Å²) < 4.78 is 6.03. The molecule has 1 N–H and O–H groups in total. The molecule has 1 aliphatic heterocycles. The number of halogens is 2. The second kappa shape index (κ2) is 5.84. The van der Waals surface area contributed by atoms with Crippen LogP contribution in [0.4, 0.5) is 0 Å². The van der Waals surface area contributed by atoms with Gasteiger partial charge in [0.05, 0.1) is 21.8 Å². The van der Waals surface area contributed by atoms with Crippen LogP contribution in [0.25, 0.3) is 0 Å². The molecule has 2 atom stereocenters. The van der Waals surface area contributed by atoms with Crippen molar-refractivity contribution in [2.45, 2.75) is 50.2 Å². The van der Waals surface area contributed by atoms with Gasteiger partial charge in [0, 0.05) is 6.61 Å². The Labute approximate surface area is 130 Å². The Bertz CT molecular complexity index is 483. The van der Waals surface area contributed by atoms with Gasteiger partial charge in [-0.05, 0) is 49.3 Å². The van der Waals surface area contributed by atoms with Crippen LogP contribution in [0.1, 0.15) is 50.2 Å². The van der Waals surface area contributed by atoms with Crippen molar-refractivity contribution in [3.63, 3.8) is 0 Å². The molecule has 20 heavy (non-hydrogen) atoms. The number of rotatable bonds is 2. The first-order valence-electron chi connectivity index (χ1n) is 7.37. The Balaban J connectivity index is 1.75. The van der Waals surface area contributed by atoms with Crippen LogP contribution in [0.15, 0.2) is 18.2 Å². The first-order valence-corrected chi connectivity index (χ1v) is 8.12. The molecule has 1 aliphatic carbocycles. The Kier molecular flexibility index (Phi) is 4.28. The van der Waals surface area contributed by atoms with E-state index in [1.807, 2.05) is 6.07 Å².